The van der Waals surface area contributed by atoms with Crippen LogP contribution >= 0.6 is 0 Å². The summed E-state index contributed by atoms with van der Waals surface area (Å²) in [6.45, 7) is 4.86. The molecule has 2 N–H and O–H groups in total. The Hall–Kier alpha value is -2.94. The molecule has 0 aliphatic rings. The van der Waals surface area contributed by atoms with Gasteiger partial charge in [0.1, 0.15) is 0 Å². The first kappa shape index (κ1) is 17.9. The smallest absolute Gasteiger partial charge is 0.221 e. The summed E-state index contributed by atoms with van der Waals surface area (Å²) in [6, 6.07) is 8.14. The van der Waals surface area contributed by atoms with Crippen molar-refractivity contribution in [2.24, 2.45) is 0 Å². The minimum Gasteiger partial charge on any atom is -0.370 e. The van der Waals surface area contributed by atoms with E-state index in [1.165, 1.54) is 23.6 Å². The first-order chi connectivity index (χ1) is 12.3. The lowest BCUT2D eigenvalue weighted by Crippen LogP contribution is -2.13. The predicted molar refractivity (Wildman–Crippen MR) is 98.2 cm³/mol. The van der Waals surface area contributed by atoms with Gasteiger partial charge in [-0.25, -0.2) is 17.9 Å². The molecule has 8 nitrogen and oxygen atoms in total. The number of carbonyl (C=O) groups is 1. The Morgan fingerprint density at radius 2 is 1.81 bits per heavy atom. The molecule has 136 valence electrons. The zero-order valence-corrected chi connectivity index (χ0v) is 15.7. The molecule has 2 aromatic heterocycles. The molecular formula is C17H19N5O3S. The van der Waals surface area contributed by atoms with Crippen molar-refractivity contribution in [3.05, 3.63) is 41.7 Å². The van der Waals surface area contributed by atoms with Gasteiger partial charge < -0.3 is 10.6 Å². The van der Waals surface area contributed by atoms with Gasteiger partial charge >= 0.3 is 0 Å². The topological polar surface area (TPSA) is 105 Å². The maximum atomic E-state index is 13.2. The first-order valence-corrected chi connectivity index (χ1v) is 9.41. The molecule has 1 amide bonds. The van der Waals surface area contributed by atoms with Crippen molar-refractivity contribution < 1.29 is 13.2 Å². The van der Waals surface area contributed by atoms with Crippen LogP contribution < -0.4 is 10.6 Å². The van der Waals surface area contributed by atoms with Gasteiger partial charge in [0, 0.05) is 14.0 Å². The van der Waals surface area contributed by atoms with Crippen LogP contribution in [0, 0.1) is 13.8 Å². The summed E-state index contributed by atoms with van der Waals surface area (Å²) in [5.41, 5.74) is 1.83. The Morgan fingerprint density at radius 3 is 2.38 bits per heavy atom. The molecule has 3 rings (SSSR count). The van der Waals surface area contributed by atoms with E-state index >= 15 is 0 Å². The normalized spacial score (nSPS) is 11.5. The number of aryl methyl sites for hydroxylation is 2. The van der Waals surface area contributed by atoms with Crippen molar-refractivity contribution in [1.82, 2.24) is 14.6 Å². The van der Waals surface area contributed by atoms with E-state index in [1.54, 1.807) is 39.1 Å². The van der Waals surface area contributed by atoms with E-state index in [9.17, 15) is 13.2 Å². The summed E-state index contributed by atoms with van der Waals surface area (Å²) in [5.74, 6) is -0.0423. The molecule has 0 saturated heterocycles. The molecule has 3 aromatic rings. The predicted octanol–water partition coefficient (Wildman–Crippen LogP) is 2.18. The number of fused-ring (bicyclic) bond motifs is 1. The van der Waals surface area contributed by atoms with Crippen LogP contribution in [-0.2, 0) is 14.6 Å². The first-order valence-electron chi connectivity index (χ1n) is 7.92. The average molecular weight is 373 g/mol. The van der Waals surface area contributed by atoms with Crippen LogP contribution in [-0.4, -0.2) is 36.0 Å². The molecule has 9 heteroatoms. The minimum absolute atomic E-state index is 0.00627. The quantitative estimate of drug-likeness (QED) is 0.726. The third kappa shape index (κ3) is 2.80. The van der Waals surface area contributed by atoms with Gasteiger partial charge in [0.05, 0.1) is 22.0 Å². The third-order valence-electron chi connectivity index (χ3n) is 3.99. The highest BCUT2D eigenvalue weighted by molar-refractivity contribution is 7.91. The highest BCUT2D eigenvalue weighted by atomic mass is 32.2. The zero-order chi connectivity index (χ0) is 19.1. The van der Waals surface area contributed by atoms with E-state index in [4.69, 9.17) is 0 Å². The Labute approximate surface area is 151 Å². The van der Waals surface area contributed by atoms with Crippen LogP contribution in [0.5, 0.6) is 0 Å². The molecule has 0 fully saturated rings. The molecule has 1 aromatic carbocycles. The molecule has 0 saturated carbocycles. The fraction of sp³-hybridized carbons (Fsp3) is 0.235. The molecular weight excluding hydrogens is 354 g/mol. The van der Waals surface area contributed by atoms with E-state index in [1.807, 2.05) is 0 Å². The van der Waals surface area contributed by atoms with E-state index in [2.05, 4.69) is 20.7 Å². The summed E-state index contributed by atoms with van der Waals surface area (Å²) in [5, 5.41) is 9.89. The lowest BCUT2D eigenvalue weighted by Gasteiger charge is -2.11. The van der Waals surface area contributed by atoms with Crippen molar-refractivity contribution in [2.75, 3.05) is 17.7 Å². The Bertz CT molecular complexity index is 1100. The van der Waals surface area contributed by atoms with Crippen molar-refractivity contribution in [3.8, 4) is 0 Å². The van der Waals surface area contributed by atoms with E-state index in [-0.39, 0.29) is 27.2 Å². The molecule has 0 atom stereocenters. The second-order valence-electron chi connectivity index (χ2n) is 5.82. The van der Waals surface area contributed by atoms with Crippen LogP contribution in [0.2, 0.25) is 0 Å². The fourth-order valence-corrected chi connectivity index (χ4v) is 4.32. The van der Waals surface area contributed by atoms with Gasteiger partial charge in [-0.3, -0.25) is 4.79 Å². The summed E-state index contributed by atoms with van der Waals surface area (Å²) >= 11 is 0. The minimum atomic E-state index is -3.83. The van der Waals surface area contributed by atoms with Crippen molar-refractivity contribution in [1.29, 1.82) is 0 Å². The molecule has 0 unspecified atom stereocenters. The molecule has 0 spiro atoms. The largest absolute Gasteiger partial charge is 0.370 e. The van der Waals surface area contributed by atoms with Gasteiger partial charge in [-0.1, -0.05) is 18.2 Å². The number of hydrogen-bond donors (Lipinski definition) is 2. The van der Waals surface area contributed by atoms with Gasteiger partial charge in [0.15, 0.2) is 16.4 Å². The number of anilines is 2. The van der Waals surface area contributed by atoms with Gasteiger partial charge in [-0.05, 0) is 26.0 Å². The van der Waals surface area contributed by atoms with Crippen LogP contribution in [0.1, 0.15) is 18.3 Å². The summed E-state index contributed by atoms with van der Waals surface area (Å²) in [4.78, 5) is 16.0. The molecule has 2 heterocycles. The van der Waals surface area contributed by atoms with Crippen LogP contribution in [0.4, 0.5) is 11.5 Å². The van der Waals surface area contributed by atoms with Gasteiger partial charge in [-0.15, -0.1) is 5.10 Å². The number of hydrogen-bond acceptors (Lipinski definition) is 6. The fourth-order valence-electron chi connectivity index (χ4n) is 2.79. The maximum Gasteiger partial charge on any atom is 0.221 e. The number of carbonyl (C=O) groups excluding carboxylic acids is 1. The standard InChI is InChI=1S/C17H19N5O3S/c1-10-14(20-12(3)23)11(2)22-17(19-10)15(16(18-4)21-22)26(24,25)13-8-6-5-7-9-13/h5-9H,1-4H3,(H,18,21)(H,20,23). The molecule has 0 aliphatic carbocycles. The van der Waals surface area contributed by atoms with E-state index in [0.29, 0.717) is 17.1 Å². The van der Waals surface area contributed by atoms with E-state index in [0.717, 1.165) is 0 Å². The Balaban J connectivity index is 2.35. The van der Waals surface area contributed by atoms with Crippen molar-refractivity contribution in [3.63, 3.8) is 0 Å². The third-order valence-corrected chi connectivity index (χ3v) is 5.80. The van der Waals surface area contributed by atoms with E-state index < -0.39 is 9.84 Å². The van der Waals surface area contributed by atoms with Crippen LogP contribution in [0.25, 0.3) is 5.65 Å². The van der Waals surface area contributed by atoms with Crippen LogP contribution in [0.3, 0.4) is 0 Å². The number of nitrogens with zero attached hydrogens (tertiary/aromatic N) is 3. The summed E-state index contributed by atoms with van der Waals surface area (Å²) in [6.07, 6.45) is 0. The second-order valence-corrected chi connectivity index (χ2v) is 7.70. The SMILES string of the molecule is CNc1nn2c(C)c(NC(C)=O)c(C)nc2c1S(=O)(=O)c1ccccc1. The van der Waals surface area contributed by atoms with Crippen molar-refractivity contribution >= 4 is 32.9 Å². The Morgan fingerprint density at radius 1 is 1.15 bits per heavy atom. The lowest BCUT2D eigenvalue weighted by molar-refractivity contribution is -0.114. The van der Waals surface area contributed by atoms with Crippen molar-refractivity contribution in [2.45, 2.75) is 30.6 Å². The highest BCUT2D eigenvalue weighted by Gasteiger charge is 2.29. The number of rotatable bonds is 4. The molecule has 0 radical (unpaired) electrons. The second kappa shape index (κ2) is 6.41. The summed E-state index contributed by atoms with van der Waals surface area (Å²) < 4.78 is 27.8. The zero-order valence-electron chi connectivity index (χ0n) is 14.9. The lowest BCUT2D eigenvalue weighted by atomic mass is 10.2. The van der Waals surface area contributed by atoms with Gasteiger partial charge in [-0.2, -0.15) is 0 Å². The molecule has 0 aliphatic heterocycles. The molecule has 0 bridgehead atoms. The monoisotopic (exact) mass is 373 g/mol. The number of amides is 1. The summed E-state index contributed by atoms with van der Waals surface area (Å²) in [7, 11) is -2.23. The number of sulfone groups is 1. The number of nitrogens with one attached hydrogen (secondary N) is 2. The Kier molecular flexibility index (Phi) is 4.41. The van der Waals surface area contributed by atoms with Crippen LogP contribution in [0.15, 0.2) is 40.1 Å². The highest BCUT2D eigenvalue weighted by Crippen LogP contribution is 2.32. The van der Waals surface area contributed by atoms with Gasteiger partial charge in [0.25, 0.3) is 0 Å². The number of aromatic nitrogens is 3. The number of benzene rings is 1. The van der Waals surface area contributed by atoms with Gasteiger partial charge in [0.2, 0.25) is 15.7 Å². The maximum absolute atomic E-state index is 13.2. The average Bonchev–Trinajstić information content (AvgIpc) is 2.98. The molecule has 26 heavy (non-hydrogen) atoms.